The number of anilines is 2. The summed E-state index contributed by atoms with van der Waals surface area (Å²) in [4.78, 5) is 22.7. The number of aromatic amines is 1. The Morgan fingerprint density at radius 1 is 1.15 bits per heavy atom. The maximum Gasteiger partial charge on any atom is 0.256 e. The Morgan fingerprint density at radius 3 is 2.48 bits per heavy atom. The first-order valence-electron chi connectivity index (χ1n) is 8.94. The van der Waals surface area contributed by atoms with Crippen molar-refractivity contribution in [3.8, 4) is 0 Å². The SMILES string of the molecule is Cc1n[nH]c(C)c1CCCN(C)C(=O)c1cnc(Nc2ccccc2)nc1. The highest BCUT2D eigenvalue weighted by Crippen LogP contribution is 2.14. The van der Waals surface area contributed by atoms with Crippen molar-refractivity contribution in [2.24, 2.45) is 0 Å². The maximum absolute atomic E-state index is 12.5. The van der Waals surface area contributed by atoms with Crippen molar-refractivity contribution in [2.45, 2.75) is 26.7 Å². The van der Waals surface area contributed by atoms with Gasteiger partial charge in [0, 0.05) is 37.4 Å². The van der Waals surface area contributed by atoms with Crippen molar-refractivity contribution >= 4 is 17.5 Å². The Labute approximate surface area is 158 Å². The summed E-state index contributed by atoms with van der Waals surface area (Å²) in [5, 5.41) is 10.3. The number of benzene rings is 1. The van der Waals surface area contributed by atoms with Crippen LogP contribution in [-0.4, -0.2) is 44.6 Å². The summed E-state index contributed by atoms with van der Waals surface area (Å²) >= 11 is 0. The zero-order valence-corrected chi connectivity index (χ0v) is 15.9. The van der Waals surface area contributed by atoms with Gasteiger partial charge in [0.2, 0.25) is 5.95 Å². The quantitative estimate of drug-likeness (QED) is 0.672. The lowest BCUT2D eigenvalue weighted by atomic mass is 10.1. The Balaban J connectivity index is 1.53. The molecule has 1 amide bonds. The highest BCUT2D eigenvalue weighted by atomic mass is 16.2. The average molecular weight is 364 g/mol. The molecule has 0 saturated carbocycles. The van der Waals surface area contributed by atoms with Crippen LogP contribution in [0.25, 0.3) is 0 Å². The maximum atomic E-state index is 12.5. The summed E-state index contributed by atoms with van der Waals surface area (Å²) in [6, 6.07) is 9.67. The second-order valence-corrected chi connectivity index (χ2v) is 6.53. The van der Waals surface area contributed by atoms with E-state index >= 15 is 0 Å². The van der Waals surface area contributed by atoms with E-state index in [2.05, 4.69) is 25.5 Å². The molecule has 7 heteroatoms. The number of rotatable bonds is 7. The number of aromatic nitrogens is 4. The Hall–Kier alpha value is -3.22. The minimum Gasteiger partial charge on any atom is -0.342 e. The van der Waals surface area contributed by atoms with Gasteiger partial charge in [-0.2, -0.15) is 5.10 Å². The Morgan fingerprint density at radius 2 is 1.85 bits per heavy atom. The third kappa shape index (κ3) is 4.69. The van der Waals surface area contributed by atoms with Crippen LogP contribution in [0.4, 0.5) is 11.6 Å². The van der Waals surface area contributed by atoms with Gasteiger partial charge in [-0.15, -0.1) is 0 Å². The Bertz CT molecular complexity index is 869. The molecule has 0 aliphatic heterocycles. The summed E-state index contributed by atoms with van der Waals surface area (Å²) in [5.74, 6) is 0.383. The Kier molecular flexibility index (Phi) is 5.80. The van der Waals surface area contributed by atoms with Gasteiger partial charge in [0.1, 0.15) is 0 Å². The summed E-state index contributed by atoms with van der Waals surface area (Å²) in [5.41, 5.74) is 4.73. The van der Waals surface area contributed by atoms with E-state index in [1.54, 1.807) is 24.3 Å². The zero-order chi connectivity index (χ0) is 19.2. The van der Waals surface area contributed by atoms with E-state index in [4.69, 9.17) is 0 Å². The number of nitrogens with one attached hydrogen (secondary N) is 2. The molecule has 3 rings (SSSR count). The highest BCUT2D eigenvalue weighted by Gasteiger charge is 2.13. The van der Waals surface area contributed by atoms with E-state index in [1.165, 1.54) is 5.56 Å². The van der Waals surface area contributed by atoms with Crippen molar-refractivity contribution in [1.29, 1.82) is 0 Å². The molecule has 0 aliphatic rings. The standard InChI is InChI=1S/C20H24N6O/c1-14-18(15(2)25-24-14)10-7-11-26(3)19(27)16-12-21-20(22-13-16)23-17-8-5-4-6-9-17/h4-6,8-9,12-13H,7,10-11H2,1-3H3,(H,24,25)(H,21,22,23). The molecular formula is C20H24N6O. The number of amides is 1. The highest BCUT2D eigenvalue weighted by molar-refractivity contribution is 5.93. The molecule has 0 radical (unpaired) electrons. The van der Waals surface area contributed by atoms with Crippen LogP contribution < -0.4 is 5.32 Å². The van der Waals surface area contributed by atoms with E-state index in [0.29, 0.717) is 18.1 Å². The lowest BCUT2D eigenvalue weighted by molar-refractivity contribution is 0.0793. The summed E-state index contributed by atoms with van der Waals surface area (Å²) in [6.07, 6.45) is 4.88. The monoisotopic (exact) mass is 364 g/mol. The van der Waals surface area contributed by atoms with Crippen molar-refractivity contribution in [3.63, 3.8) is 0 Å². The van der Waals surface area contributed by atoms with Crippen LogP contribution in [0.2, 0.25) is 0 Å². The van der Waals surface area contributed by atoms with Crippen LogP contribution in [-0.2, 0) is 6.42 Å². The second-order valence-electron chi connectivity index (χ2n) is 6.53. The number of carbonyl (C=O) groups is 1. The van der Waals surface area contributed by atoms with E-state index in [1.807, 2.05) is 44.2 Å². The molecule has 2 heterocycles. The van der Waals surface area contributed by atoms with E-state index < -0.39 is 0 Å². The summed E-state index contributed by atoms with van der Waals surface area (Å²) in [6.45, 7) is 4.68. The predicted octanol–water partition coefficient (Wildman–Crippen LogP) is 3.26. The van der Waals surface area contributed by atoms with Gasteiger partial charge in [-0.1, -0.05) is 18.2 Å². The summed E-state index contributed by atoms with van der Waals surface area (Å²) < 4.78 is 0. The van der Waals surface area contributed by atoms with Gasteiger partial charge < -0.3 is 10.2 Å². The van der Waals surface area contributed by atoms with Crippen LogP contribution in [0, 0.1) is 13.8 Å². The molecule has 2 aromatic heterocycles. The molecular weight excluding hydrogens is 340 g/mol. The van der Waals surface area contributed by atoms with Crippen LogP contribution in [0.15, 0.2) is 42.7 Å². The van der Waals surface area contributed by atoms with Crippen molar-refractivity contribution in [3.05, 3.63) is 65.2 Å². The van der Waals surface area contributed by atoms with E-state index in [-0.39, 0.29) is 5.91 Å². The summed E-state index contributed by atoms with van der Waals surface area (Å²) in [7, 11) is 1.80. The molecule has 0 aliphatic carbocycles. The first-order valence-corrected chi connectivity index (χ1v) is 8.94. The topological polar surface area (TPSA) is 86.8 Å². The molecule has 27 heavy (non-hydrogen) atoms. The number of aryl methyl sites for hydroxylation is 2. The normalized spacial score (nSPS) is 10.6. The number of hydrogen-bond acceptors (Lipinski definition) is 5. The molecule has 0 unspecified atom stereocenters. The van der Waals surface area contributed by atoms with Gasteiger partial charge in [0.05, 0.1) is 11.3 Å². The average Bonchev–Trinajstić information content (AvgIpc) is 3.01. The molecule has 0 fully saturated rings. The second kappa shape index (κ2) is 8.44. The minimum atomic E-state index is -0.0816. The molecule has 0 bridgehead atoms. The lowest BCUT2D eigenvalue weighted by Gasteiger charge is -2.17. The molecule has 0 spiro atoms. The van der Waals surface area contributed by atoms with Crippen LogP contribution >= 0.6 is 0 Å². The molecule has 3 aromatic rings. The minimum absolute atomic E-state index is 0.0816. The molecule has 0 atom stereocenters. The fourth-order valence-electron chi connectivity index (χ4n) is 2.91. The van der Waals surface area contributed by atoms with Gasteiger partial charge in [0.15, 0.2) is 0 Å². The molecule has 0 saturated heterocycles. The largest absolute Gasteiger partial charge is 0.342 e. The molecule has 7 nitrogen and oxygen atoms in total. The van der Waals surface area contributed by atoms with Gasteiger partial charge in [-0.3, -0.25) is 9.89 Å². The van der Waals surface area contributed by atoms with Crippen LogP contribution in [0.1, 0.15) is 33.7 Å². The third-order valence-corrected chi connectivity index (χ3v) is 4.48. The molecule has 1 aromatic carbocycles. The molecule has 140 valence electrons. The van der Waals surface area contributed by atoms with E-state index in [9.17, 15) is 4.79 Å². The van der Waals surface area contributed by atoms with Crippen LogP contribution in [0.3, 0.4) is 0 Å². The van der Waals surface area contributed by atoms with E-state index in [0.717, 1.165) is 29.9 Å². The van der Waals surface area contributed by atoms with Gasteiger partial charge in [-0.05, 0) is 44.4 Å². The fourth-order valence-corrected chi connectivity index (χ4v) is 2.91. The number of hydrogen-bond donors (Lipinski definition) is 2. The first kappa shape index (κ1) is 18.6. The number of para-hydroxylation sites is 1. The van der Waals surface area contributed by atoms with Crippen molar-refractivity contribution < 1.29 is 4.79 Å². The number of nitrogens with zero attached hydrogens (tertiary/aromatic N) is 4. The number of carbonyl (C=O) groups excluding carboxylic acids is 1. The predicted molar refractivity (Wildman–Crippen MR) is 105 cm³/mol. The van der Waals surface area contributed by atoms with Gasteiger partial charge >= 0.3 is 0 Å². The number of H-pyrrole nitrogens is 1. The van der Waals surface area contributed by atoms with Gasteiger partial charge in [0.25, 0.3) is 5.91 Å². The van der Waals surface area contributed by atoms with Crippen molar-refractivity contribution in [1.82, 2.24) is 25.1 Å². The lowest BCUT2D eigenvalue weighted by Crippen LogP contribution is -2.28. The van der Waals surface area contributed by atoms with Crippen LogP contribution in [0.5, 0.6) is 0 Å². The zero-order valence-electron chi connectivity index (χ0n) is 15.9. The third-order valence-electron chi connectivity index (χ3n) is 4.48. The van der Waals surface area contributed by atoms with Gasteiger partial charge in [-0.25, -0.2) is 9.97 Å². The smallest absolute Gasteiger partial charge is 0.256 e. The fraction of sp³-hybridized carbons (Fsp3) is 0.300. The first-order chi connectivity index (χ1) is 13.0. The molecule has 2 N–H and O–H groups in total. The van der Waals surface area contributed by atoms with Crippen molar-refractivity contribution in [2.75, 3.05) is 18.9 Å².